The molecule has 2 aromatic carbocycles. The minimum absolute atomic E-state index is 0.0586. The summed E-state index contributed by atoms with van der Waals surface area (Å²) in [4.78, 5) is 13.9. The molecule has 0 saturated heterocycles. The van der Waals surface area contributed by atoms with Gasteiger partial charge < -0.3 is 15.4 Å². The van der Waals surface area contributed by atoms with Crippen molar-refractivity contribution in [3.8, 4) is 0 Å². The number of aromatic nitrogens is 1. The van der Waals surface area contributed by atoms with Gasteiger partial charge >= 0.3 is 5.97 Å². The summed E-state index contributed by atoms with van der Waals surface area (Å²) in [5, 5.41) is 12.6. The Labute approximate surface area is 152 Å². The van der Waals surface area contributed by atoms with Crippen LogP contribution >= 0.6 is 11.6 Å². The van der Waals surface area contributed by atoms with Gasteiger partial charge in [0.05, 0.1) is 28.2 Å². The maximum absolute atomic E-state index is 13.3. The number of hydrogen-bond donors (Lipinski definition) is 4. The van der Waals surface area contributed by atoms with Crippen molar-refractivity contribution in [1.82, 2.24) is 4.98 Å². The highest BCUT2D eigenvalue weighted by Crippen LogP contribution is 2.32. The number of carboxylic acid groups (broad SMARTS) is 1. The third kappa shape index (κ3) is 3.89. The Bertz CT molecular complexity index is 1130. The highest BCUT2D eigenvalue weighted by Gasteiger charge is 2.14. The molecular formula is C16H13ClFN3O4S. The first-order valence-corrected chi connectivity index (χ1v) is 9.49. The molecule has 0 aliphatic rings. The van der Waals surface area contributed by atoms with E-state index in [1.54, 1.807) is 0 Å². The second kappa shape index (κ2) is 6.50. The second-order valence-electron chi connectivity index (χ2n) is 5.60. The molecule has 136 valence electrons. The average molecular weight is 398 g/mol. The molecule has 0 aliphatic heterocycles. The van der Waals surface area contributed by atoms with E-state index < -0.39 is 21.8 Å². The molecule has 3 rings (SSSR count). The third-order valence-electron chi connectivity index (χ3n) is 3.47. The number of sulfonamides is 1. The summed E-state index contributed by atoms with van der Waals surface area (Å²) in [7, 11) is -3.54. The van der Waals surface area contributed by atoms with E-state index in [9.17, 15) is 17.6 Å². The van der Waals surface area contributed by atoms with E-state index >= 15 is 0 Å². The third-order valence-corrected chi connectivity index (χ3v) is 4.37. The molecule has 0 fully saturated rings. The van der Waals surface area contributed by atoms with Crippen LogP contribution in [0.5, 0.6) is 0 Å². The normalized spacial score (nSPS) is 11.5. The lowest BCUT2D eigenvalue weighted by Crippen LogP contribution is -2.09. The highest BCUT2D eigenvalue weighted by molar-refractivity contribution is 7.92. The highest BCUT2D eigenvalue weighted by atomic mass is 35.5. The molecule has 1 aromatic heterocycles. The molecule has 0 bridgehead atoms. The second-order valence-corrected chi connectivity index (χ2v) is 7.76. The molecule has 0 spiro atoms. The first-order valence-electron chi connectivity index (χ1n) is 7.22. The number of rotatable bonds is 5. The van der Waals surface area contributed by atoms with Crippen LogP contribution < -0.4 is 10.0 Å². The van der Waals surface area contributed by atoms with E-state index in [2.05, 4.69) is 15.0 Å². The summed E-state index contributed by atoms with van der Waals surface area (Å²) in [6.07, 6.45) is 1.00. The number of H-pyrrole nitrogens is 1. The molecule has 0 unspecified atom stereocenters. The van der Waals surface area contributed by atoms with Crippen LogP contribution in [0.4, 0.5) is 21.5 Å². The van der Waals surface area contributed by atoms with Crippen LogP contribution in [0.3, 0.4) is 0 Å². The Morgan fingerprint density at radius 1 is 1.19 bits per heavy atom. The average Bonchev–Trinajstić information content (AvgIpc) is 2.94. The van der Waals surface area contributed by atoms with E-state index in [4.69, 9.17) is 16.7 Å². The van der Waals surface area contributed by atoms with E-state index in [0.717, 1.165) is 6.26 Å². The van der Waals surface area contributed by atoms with Gasteiger partial charge in [0.2, 0.25) is 10.0 Å². The Morgan fingerprint density at radius 2 is 1.92 bits per heavy atom. The molecule has 0 atom stereocenters. The maximum atomic E-state index is 13.3. The zero-order valence-corrected chi connectivity index (χ0v) is 14.9. The van der Waals surface area contributed by atoms with Gasteiger partial charge in [0, 0.05) is 11.1 Å². The van der Waals surface area contributed by atoms with Crippen molar-refractivity contribution < 1.29 is 22.7 Å². The minimum Gasteiger partial charge on any atom is -0.477 e. The standard InChI is InChI=1S/C16H13ClFN3O4S/c1-26(24,25)21-9-5-13(19-8-2-3-12(18)11(17)4-8)10-7-15(16(22)23)20-14(10)6-9/h2-7,19-21H,1H3,(H,22,23). The quantitative estimate of drug-likeness (QED) is 0.523. The lowest BCUT2D eigenvalue weighted by atomic mass is 10.1. The number of hydrogen-bond acceptors (Lipinski definition) is 4. The topological polar surface area (TPSA) is 111 Å². The largest absolute Gasteiger partial charge is 0.477 e. The molecule has 10 heteroatoms. The van der Waals surface area contributed by atoms with Crippen LogP contribution in [0.15, 0.2) is 36.4 Å². The van der Waals surface area contributed by atoms with Gasteiger partial charge in [-0.2, -0.15) is 0 Å². The fourth-order valence-electron chi connectivity index (χ4n) is 2.46. The van der Waals surface area contributed by atoms with Crippen LogP contribution in [0.1, 0.15) is 10.5 Å². The summed E-state index contributed by atoms with van der Waals surface area (Å²) in [5.41, 5.74) is 1.45. The molecule has 0 amide bonds. The molecule has 0 aliphatic carbocycles. The van der Waals surface area contributed by atoms with E-state index in [1.807, 2.05) is 0 Å². The predicted octanol–water partition coefficient (Wildman–Crippen LogP) is 3.77. The number of nitrogens with one attached hydrogen (secondary N) is 3. The summed E-state index contributed by atoms with van der Waals surface area (Å²) < 4.78 is 38.7. The molecule has 26 heavy (non-hydrogen) atoms. The van der Waals surface area contributed by atoms with Gasteiger partial charge in [0.15, 0.2) is 0 Å². The number of benzene rings is 2. The van der Waals surface area contributed by atoms with Crippen molar-refractivity contribution in [2.75, 3.05) is 16.3 Å². The van der Waals surface area contributed by atoms with Gasteiger partial charge in [-0.1, -0.05) is 11.6 Å². The molecule has 0 saturated carbocycles. The Hall–Kier alpha value is -2.78. The lowest BCUT2D eigenvalue weighted by Gasteiger charge is -2.12. The van der Waals surface area contributed by atoms with E-state index in [1.165, 1.54) is 36.4 Å². The fraction of sp³-hybridized carbons (Fsp3) is 0.0625. The van der Waals surface area contributed by atoms with Crippen molar-refractivity contribution in [3.63, 3.8) is 0 Å². The van der Waals surface area contributed by atoms with Crippen LogP contribution in [0.2, 0.25) is 5.02 Å². The van der Waals surface area contributed by atoms with Crippen molar-refractivity contribution in [2.45, 2.75) is 0 Å². The van der Waals surface area contributed by atoms with Gasteiger partial charge in [-0.15, -0.1) is 0 Å². The number of fused-ring (bicyclic) bond motifs is 1. The van der Waals surface area contributed by atoms with E-state index in [0.29, 0.717) is 22.3 Å². The van der Waals surface area contributed by atoms with Crippen LogP contribution in [-0.2, 0) is 10.0 Å². The Kier molecular flexibility index (Phi) is 4.51. The summed E-state index contributed by atoms with van der Waals surface area (Å²) in [5.74, 6) is -1.74. The van der Waals surface area contributed by atoms with Crippen molar-refractivity contribution >= 4 is 55.6 Å². The monoisotopic (exact) mass is 397 g/mol. The van der Waals surface area contributed by atoms with Crippen molar-refractivity contribution in [1.29, 1.82) is 0 Å². The lowest BCUT2D eigenvalue weighted by molar-refractivity contribution is 0.0691. The molecule has 3 aromatic rings. The number of carbonyl (C=O) groups is 1. The first kappa shape index (κ1) is 18.0. The van der Waals surface area contributed by atoms with Gasteiger partial charge in [0.25, 0.3) is 0 Å². The fourth-order valence-corrected chi connectivity index (χ4v) is 3.19. The zero-order chi connectivity index (χ0) is 19.1. The molecule has 7 nitrogen and oxygen atoms in total. The Morgan fingerprint density at radius 3 is 2.54 bits per heavy atom. The summed E-state index contributed by atoms with van der Waals surface area (Å²) in [6.45, 7) is 0. The number of anilines is 3. The van der Waals surface area contributed by atoms with Gasteiger partial charge in [-0.3, -0.25) is 4.72 Å². The van der Waals surface area contributed by atoms with Gasteiger partial charge in [0.1, 0.15) is 11.5 Å². The SMILES string of the molecule is CS(=O)(=O)Nc1cc(Nc2ccc(F)c(Cl)c2)c2cc(C(=O)O)[nH]c2c1. The zero-order valence-electron chi connectivity index (χ0n) is 13.3. The molecule has 0 radical (unpaired) electrons. The predicted molar refractivity (Wildman–Crippen MR) is 98.4 cm³/mol. The van der Waals surface area contributed by atoms with Crippen molar-refractivity contribution in [3.05, 3.63) is 52.9 Å². The smallest absolute Gasteiger partial charge is 0.352 e. The number of carboxylic acids is 1. The van der Waals surface area contributed by atoms with Crippen LogP contribution in [0, 0.1) is 5.82 Å². The minimum atomic E-state index is -3.54. The summed E-state index contributed by atoms with van der Waals surface area (Å²) >= 11 is 5.77. The van der Waals surface area contributed by atoms with E-state index in [-0.39, 0.29) is 16.4 Å². The van der Waals surface area contributed by atoms with Crippen LogP contribution in [-0.4, -0.2) is 30.7 Å². The molecule has 1 heterocycles. The number of halogens is 2. The van der Waals surface area contributed by atoms with Gasteiger partial charge in [-0.05, 0) is 36.4 Å². The Balaban J connectivity index is 2.13. The van der Waals surface area contributed by atoms with Crippen LogP contribution in [0.25, 0.3) is 10.9 Å². The molecular weight excluding hydrogens is 385 g/mol. The van der Waals surface area contributed by atoms with Gasteiger partial charge in [-0.25, -0.2) is 17.6 Å². The molecule has 4 N–H and O–H groups in total. The first-order chi connectivity index (χ1) is 12.1. The number of aromatic carboxylic acids is 1. The maximum Gasteiger partial charge on any atom is 0.352 e. The summed E-state index contributed by atoms with van der Waals surface area (Å²) in [6, 6.07) is 8.39. The number of aromatic amines is 1. The van der Waals surface area contributed by atoms with Crippen molar-refractivity contribution in [2.24, 2.45) is 0 Å².